The second-order valence-electron chi connectivity index (χ2n) is 6.55. The normalized spacial score (nSPS) is 20.3. The van der Waals surface area contributed by atoms with Crippen LogP contribution in [0.3, 0.4) is 0 Å². The van der Waals surface area contributed by atoms with Crippen LogP contribution >= 0.6 is 0 Å². The molecule has 128 valence electrons. The minimum atomic E-state index is -0.344. The highest BCUT2D eigenvalue weighted by Gasteiger charge is 2.29. The molecule has 1 amide bonds. The molecular weight excluding hydrogens is 302 g/mol. The quantitative estimate of drug-likeness (QED) is 0.935. The molecule has 2 aromatic rings. The van der Waals surface area contributed by atoms with Crippen molar-refractivity contribution in [2.45, 2.75) is 32.4 Å². The lowest BCUT2D eigenvalue weighted by molar-refractivity contribution is 0.0306. The molecule has 5 nitrogen and oxygen atoms in total. The molecule has 0 radical (unpaired) electrons. The highest BCUT2D eigenvalue weighted by Crippen LogP contribution is 2.17. The summed E-state index contributed by atoms with van der Waals surface area (Å²) in [6.45, 7) is 6.76. The zero-order valence-corrected chi connectivity index (χ0v) is 14.4. The molecule has 1 aromatic carbocycles. The molecule has 1 aliphatic heterocycles. The van der Waals surface area contributed by atoms with E-state index in [0.29, 0.717) is 25.3 Å². The SMILES string of the molecule is CCC1CN(C(=O)c2ccc3ccccc3n2)CCN1CC(C)O. The number of pyridine rings is 1. The number of carbonyl (C=O) groups excluding carboxylic acids is 1. The molecule has 2 unspecified atom stereocenters. The lowest BCUT2D eigenvalue weighted by atomic mass is 10.1. The molecule has 0 bridgehead atoms. The van der Waals surface area contributed by atoms with Crippen molar-refractivity contribution in [3.05, 3.63) is 42.1 Å². The van der Waals surface area contributed by atoms with E-state index in [4.69, 9.17) is 0 Å². The van der Waals surface area contributed by atoms with Crippen LogP contribution in [-0.2, 0) is 0 Å². The Bertz CT molecular complexity index is 717. The van der Waals surface area contributed by atoms with Crippen LogP contribution in [-0.4, -0.2) is 64.1 Å². The van der Waals surface area contributed by atoms with Crippen LogP contribution < -0.4 is 0 Å². The smallest absolute Gasteiger partial charge is 0.272 e. The van der Waals surface area contributed by atoms with Gasteiger partial charge in [-0.15, -0.1) is 0 Å². The van der Waals surface area contributed by atoms with Gasteiger partial charge in [0.05, 0.1) is 11.6 Å². The Morgan fingerprint density at radius 3 is 2.83 bits per heavy atom. The van der Waals surface area contributed by atoms with Crippen molar-refractivity contribution in [1.82, 2.24) is 14.8 Å². The molecule has 2 heterocycles. The number of piperazine rings is 1. The van der Waals surface area contributed by atoms with E-state index in [1.807, 2.05) is 48.2 Å². The molecule has 0 spiro atoms. The summed E-state index contributed by atoms with van der Waals surface area (Å²) in [6, 6.07) is 11.9. The monoisotopic (exact) mass is 327 g/mol. The predicted molar refractivity (Wildman–Crippen MR) is 95.0 cm³/mol. The summed E-state index contributed by atoms with van der Waals surface area (Å²) in [5, 5.41) is 10.7. The summed E-state index contributed by atoms with van der Waals surface area (Å²) in [7, 11) is 0. The van der Waals surface area contributed by atoms with Gasteiger partial charge in [-0.05, 0) is 25.5 Å². The number of β-amino-alcohol motifs (C(OH)–C–C–N with tert-alkyl or cyclic N) is 1. The van der Waals surface area contributed by atoms with E-state index < -0.39 is 0 Å². The maximum Gasteiger partial charge on any atom is 0.272 e. The zero-order valence-electron chi connectivity index (χ0n) is 14.4. The first-order valence-corrected chi connectivity index (χ1v) is 8.65. The van der Waals surface area contributed by atoms with Crippen LogP contribution in [0.25, 0.3) is 10.9 Å². The molecule has 1 fully saturated rings. The van der Waals surface area contributed by atoms with E-state index in [1.165, 1.54) is 0 Å². The number of para-hydroxylation sites is 1. The Balaban J connectivity index is 1.74. The zero-order chi connectivity index (χ0) is 17.1. The number of aliphatic hydroxyl groups is 1. The van der Waals surface area contributed by atoms with Crippen molar-refractivity contribution >= 4 is 16.8 Å². The van der Waals surface area contributed by atoms with Crippen molar-refractivity contribution in [1.29, 1.82) is 0 Å². The predicted octanol–water partition coefficient (Wildman–Crippen LogP) is 2.15. The van der Waals surface area contributed by atoms with Crippen molar-refractivity contribution in [3.63, 3.8) is 0 Å². The lowest BCUT2D eigenvalue weighted by Gasteiger charge is -2.41. The number of aliphatic hydroxyl groups excluding tert-OH is 1. The van der Waals surface area contributed by atoms with Gasteiger partial charge in [0.1, 0.15) is 5.69 Å². The first-order valence-electron chi connectivity index (χ1n) is 8.65. The van der Waals surface area contributed by atoms with E-state index in [0.717, 1.165) is 23.9 Å². The van der Waals surface area contributed by atoms with Crippen LogP contribution in [0.5, 0.6) is 0 Å². The minimum absolute atomic E-state index is 0.00380. The van der Waals surface area contributed by atoms with Crippen molar-refractivity contribution in [2.75, 3.05) is 26.2 Å². The molecule has 24 heavy (non-hydrogen) atoms. The molecule has 2 atom stereocenters. The van der Waals surface area contributed by atoms with Gasteiger partial charge in [0.2, 0.25) is 0 Å². The summed E-state index contributed by atoms with van der Waals surface area (Å²) < 4.78 is 0. The Hall–Kier alpha value is -1.98. The number of carbonyl (C=O) groups is 1. The fourth-order valence-electron chi connectivity index (χ4n) is 3.39. The van der Waals surface area contributed by atoms with Crippen LogP contribution in [0.4, 0.5) is 0 Å². The average molecular weight is 327 g/mol. The van der Waals surface area contributed by atoms with Crippen LogP contribution in [0.1, 0.15) is 30.8 Å². The summed E-state index contributed by atoms with van der Waals surface area (Å²) in [5.41, 5.74) is 1.36. The summed E-state index contributed by atoms with van der Waals surface area (Å²) in [4.78, 5) is 21.5. The minimum Gasteiger partial charge on any atom is -0.392 e. The molecule has 0 aliphatic carbocycles. The van der Waals surface area contributed by atoms with E-state index in [-0.39, 0.29) is 18.1 Å². The molecule has 1 aromatic heterocycles. The van der Waals surface area contributed by atoms with Gasteiger partial charge in [-0.2, -0.15) is 0 Å². The van der Waals surface area contributed by atoms with Gasteiger partial charge in [0.15, 0.2) is 0 Å². The number of amides is 1. The van der Waals surface area contributed by atoms with Gasteiger partial charge in [-0.1, -0.05) is 31.2 Å². The molecule has 1 saturated heterocycles. The number of benzene rings is 1. The van der Waals surface area contributed by atoms with Gasteiger partial charge >= 0.3 is 0 Å². The number of hydrogen-bond donors (Lipinski definition) is 1. The molecular formula is C19H25N3O2. The van der Waals surface area contributed by atoms with Crippen LogP contribution in [0.2, 0.25) is 0 Å². The van der Waals surface area contributed by atoms with Gasteiger partial charge in [0, 0.05) is 37.6 Å². The van der Waals surface area contributed by atoms with Gasteiger partial charge < -0.3 is 10.0 Å². The molecule has 3 rings (SSSR count). The maximum absolute atomic E-state index is 12.8. The number of fused-ring (bicyclic) bond motifs is 1. The van der Waals surface area contributed by atoms with E-state index in [2.05, 4.69) is 16.8 Å². The number of aromatic nitrogens is 1. The fraction of sp³-hybridized carbons (Fsp3) is 0.474. The standard InChI is InChI=1S/C19H25N3O2/c1-3-16-13-22(11-10-21(16)12-14(2)23)19(24)18-9-8-15-6-4-5-7-17(15)20-18/h4-9,14,16,23H,3,10-13H2,1-2H3. The van der Waals surface area contributed by atoms with E-state index in [9.17, 15) is 9.90 Å². The van der Waals surface area contributed by atoms with Crippen LogP contribution in [0.15, 0.2) is 36.4 Å². The summed E-state index contributed by atoms with van der Waals surface area (Å²) in [5.74, 6) is -0.00380. The van der Waals surface area contributed by atoms with Gasteiger partial charge in [-0.25, -0.2) is 4.98 Å². The first kappa shape index (κ1) is 16.9. The third kappa shape index (κ3) is 3.57. The summed E-state index contributed by atoms with van der Waals surface area (Å²) in [6.07, 6.45) is 0.616. The number of rotatable bonds is 4. The van der Waals surface area contributed by atoms with Crippen molar-refractivity contribution in [3.8, 4) is 0 Å². The number of nitrogens with zero attached hydrogens (tertiary/aromatic N) is 3. The third-order valence-electron chi connectivity index (χ3n) is 4.68. The molecule has 1 N–H and O–H groups in total. The molecule has 5 heteroatoms. The van der Waals surface area contributed by atoms with Crippen molar-refractivity contribution in [2.24, 2.45) is 0 Å². The number of hydrogen-bond acceptors (Lipinski definition) is 4. The highest BCUT2D eigenvalue weighted by atomic mass is 16.3. The Morgan fingerprint density at radius 1 is 1.29 bits per heavy atom. The molecule has 0 saturated carbocycles. The molecule has 1 aliphatic rings. The maximum atomic E-state index is 12.8. The van der Waals surface area contributed by atoms with Crippen molar-refractivity contribution < 1.29 is 9.90 Å². The van der Waals surface area contributed by atoms with Crippen LogP contribution in [0, 0.1) is 0 Å². The third-order valence-corrected chi connectivity index (χ3v) is 4.68. The first-order chi connectivity index (χ1) is 11.6. The second kappa shape index (κ2) is 7.28. The Labute approximate surface area is 142 Å². The summed E-state index contributed by atoms with van der Waals surface area (Å²) >= 11 is 0. The van der Waals surface area contributed by atoms with E-state index in [1.54, 1.807) is 0 Å². The Kier molecular flexibility index (Phi) is 5.11. The largest absolute Gasteiger partial charge is 0.392 e. The fourth-order valence-corrected chi connectivity index (χ4v) is 3.39. The van der Waals surface area contributed by atoms with E-state index >= 15 is 0 Å². The van der Waals surface area contributed by atoms with Gasteiger partial charge in [0.25, 0.3) is 5.91 Å². The second-order valence-corrected chi connectivity index (χ2v) is 6.55. The topological polar surface area (TPSA) is 56.7 Å². The lowest BCUT2D eigenvalue weighted by Crippen LogP contribution is -2.55. The average Bonchev–Trinajstić information content (AvgIpc) is 2.60. The Morgan fingerprint density at radius 2 is 2.08 bits per heavy atom. The van der Waals surface area contributed by atoms with Gasteiger partial charge in [-0.3, -0.25) is 9.69 Å². The highest BCUT2D eigenvalue weighted by molar-refractivity contribution is 5.95.